The smallest absolute Gasteiger partial charge is 0.344 e. The van der Waals surface area contributed by atoms with E-state index in [1.807, 2.05) is 0 Å². The minimum absolute atomic E-state index is 0.0444. The summed E-state index contributed by atoms with van der Waals surface area (Å²) in [6, 6.07) is -0.137. The van der Waals surface area contributed by atoms with E-state index < -0.39 is 0 Å². The van der Waals surface area contributed by atoms with E-state index in [1.165, 1.54) is 30.8 Å². The average molecular weight is 226 g/mol. The molecule has 0 aromatic rings. The predicted molar refractivity (Wildman–Crippen MR) is 56.3 cm³/mol. The number of carbonyl (C=O) groups is 2. The Kier molecular flexibility index (Phi) is 2.52. The molecule has 0 saturated heterocycles. The molecule has 2 aliphatic heterocycles. The van der Waals surface area contributed by atoms with Gasteiger partial charge in [-0.05, 0) is 6.08 Å². The van der Waals surface area contributed by atoms with Crippen LogP contribution in [0.15, 0.2) is 16.1 Å². The van der Waals surface area contributed by atoms with Gasteiger partial charge >= 0.3 is 5.97 Å². The van der Waals surface area contributed by atoms with Gasteiger partial charge in [-0.1, -0.05) is 0 Å². The van der Waals surface area contributed by atoms with E-state index in [4.69, 9.17) is 0 Å². The van der Waals surface area contributed by atoms with Crippen LogP contribution in [0.1, 0.15) is 6.92 Å². The number of fused-ring (bicyclic) bond motifs is 1. The predicted octanol–water partition coefficient (Wildman–Crippen LogP) is 0.375. The standard InChI is InChI=1S/C9H10N2O3S/c1-5(12)11-6-3-7(9(13)14-2)15-8(6)4-10-11/h3-4,6,8H,1-2H3. The number of thioether (sulfide) groups is 1. The topological polar surface area (TPSA) is 59.0 Å². The van der Waals surface area contributed by atoms with Gasteiger partial charge in [0.15, 0.2) is 0 Å². The van der Waals surface area contributed by atoms with Gasteiger partial charge in [0, 0.05) is 13.1 Å². The average Bonchev–Trinajstić information content (AvgIpc) is 2.73. The van der Waals surface area contributed by atoms with Gasteiger partial charge in [0.1, 0.15) is 0 Å². The molecular weight excluding hydrogens is 216 g/mol. The van der Waals surface area contributed by atoms with Gasteiger partial charge in [0.2, 0.25) is 5.91 Å². The second-order valence-corrected chi connectivity index (χ2v) is 4.44. The van der Waals surface area contributed by atoms with Gasteiger partial charge in [-0.25, -0.2) is 9.80 Å². The number of hydrazone groups is 1. The van der Waals surface area contributed by atoms with E-state index in [1.54, 1.807) is 12.3 Å². The molecule has 0 aromatic heterocycles. The highest BCUT2D eigenvalue weighted by atomic mass is 32.2. The highest BCUT2D eigenvalue weighted by Crippen LogP contribution is 2.37. The molecule has 2 unspecified atom stereocenters. The Balaban J connectivity index is 2.17. The van der Waals surface area contributed by atoms with Crippen molar-refractivity contribution in [1.29, 1.82) is 0 Å². The maximum atomic E-state index is 11.3. The molecule has 0 aromatic carbocycles. The van der Waals surface area contributed by atoms with Gasteiger partial charge in [-0.2, -0.15) is 5.10 Å². The SMILES string of the molecule is COC(=O)C1=CC2C(C=NN2C(C)=O)S1. The fraction of sp³-hybridized carbons (Fsp3) is 0.444. The number of esters is 1. The van der Waals surface area contributed by atoms with Gasteiger partial charge < -0.3 is 4.74 Å². The first-order chi connectivity index (χ1) is 7.13. The number of nitrogens with zero attached hydrogens (tertiary/aromatic N) is 2. The molecule has 0 bridgehead atoms. The molecule has 2 heterocycles. The molecule has 80 valence electrons. The molecule has 1 amide bonds. The van der Waals surface area contributed by atoms with Crippen LogP contribution in [0.3, 0.4) is 0 Å². The third kappa shape index (κ3) is 1.65. The lowest BCUT2D eigenvalue weighted by Crippen LogP contribution is -2.33. The van der Waals surface area contributed by atoms with Crippen molar-refractivity contribution in [3.63, 3.8) is 0 Å². The van der Waals surface area contributed by atoms with Crippen molar-refractivity contribution in [2.75, 3.05) is 7.11 Å². The Labute approximate surface area is 91.1 Å². The Morgan fingerprint density at radius 3 is 2.93 bits per heavy atom. The molecule has 0 fully saturated rings. The van der Waals surface area contributed by atoms with Gasteiger partial charge in [-0.3, -0.25) is 4.79 Å². The van der Waals surface area contributed by atoms with E-state index in [9.17, 15) is 9.59 Å². The molecule has 0 N–H and O–H groups in total. The van der Waals surface area contributed by atoms with Crippen molar-refractivity contribution in [3.8, 4) is 0 Å². The first kappa shape index (κ1) is 10.2. The van der Waals surface area contributed by atoms with Crippen molar-refractivity contribution >= 4 is 29.9 Å². The first-order valence-corrected chi connectivity index (χ1v) is 5.32. The number of carbonyl (C=O) groups excluding carboxylic acids is 2. The largest absolute Gasteiger partial charge is 0.465 e. The maximum Gasteiger partial charge on any atom is 0.344 e. The van der Waals surface area contributed by atoms with Crippen molar-refractivity contribution in [2.45, 2.75) is 18.2 Å². The van der Waals surface area contributed by atoms with Gasteiger partial charge in [0.25, 0.3) is 0 Å². The maximum absolute atomic E-state index is 11.3. The molecular formula is C9H10N2O3S. The molecule has 0 aliphatic carbocycles. The van der Waals surface area contributed by atoms with Crippen LogP contribution in [0.4, 0.5) is 0 Å². The molecule has 2 atom stereocenters. The lowest BCUT2D eigenvalue weighted by molar-refractivity contribution is -0.135. The van der Waals surface area contributed by atoms with E-state index >= 15 is 0 Å². The molecule has 0 radical (unpaired) electrons. The lowest BCUT2D eigenvalue weighted by atomic mass is 10.2. The van der Waals surface area contributed by atoms with Crippen LogP contribution < -0.4 is 0 Å². The Bertz CT molecular complexity index is 378. The van der Waals surface area contributed by atoms with Crippen LogP contribution in [0.2, 0.25) is 0 Å². The van der Waals surface area contributed by atoms with E-state index in [0.29, 0.717) is 4.91 Å². The van der Waals surface area contributed by atoms with Crippen LogP contribution in [0.5, 0.6) is 0 Å². The van der Waals surface area contributed by atoms with Crippen LogP contribution in [0, 0.1) is 0 Å². The molecule has 0 saturated carbocycles. The molecule has 2 rings (SSSR count). The summed E-state index contributed by atoms with van der Waals surface area (Å²) in [5, 5.41) is 5.41. The van der Waals surface area contributed by atoms with Crippen LogP contribution in [0.25, 0.3) is 0 Å². The quantitative estimate of drug-likeness (QED) is 0.606. The van der Waals surface area contributed by atoms with Crippen molar-refractivity contribution < 1.29 is 14.3 Å². The molecule has 5 nitrogen and oxygen atoms in total. The summed E-state index contributed by atoms with van der Waals surface area (Å²) < 4.78 is 4.62. The number of hydrogen-bond donors (Lipinski definition) is 0. The Hall–Kier alpha value is -1.30. The zero-order chi connectivity index (χ0) is 11.0. The number of amides is 1. The van der Waals surface area contributed by atoms with Crippen molar-refractivity contribution in [1.82, 2.24) is 5.01 Å². The minimum Gasteiger partial charge on any atom is -0.465 e. The molecule has 15 heavy (non-hydrogen) atoms. The second kappa shape index (κ2) is 3.69. The minimum atomic E-state index is -0.355. The van der Waals surface area contributed by atoms with Crippen LogP contribution in [-0.2, 0) is 14.3 Å². The van der Waals surface area contributed by atoms with Gasteiger partial charge in [-0.15, -0.1) is 11.8 Å². The zero-order valence-corrected chi connectivity index (χ0v) is 9.15. The number of hydrogen-bond acceptors (Lipinski definition) is 5. The number of rotatable bonds is 1. The summed E-state index contributed by atoms with van der Waals surface area (Å²) in [4.78, 5) is 23.0. The Morgan fingerprint density at radius 2 is 2.33 bits per heavy atom. The summed E-state index contributed by atoms with van der Waals surface area (Å²) >= 11 is 1.38. The third-order valence-corrected chi connectivity index (χ3v) is 3.48. The highest BCUT2D eigenvalue weighted by Gasteiger charge is 2.39. The summed E-state index contributed by atoms with van der Waals surface area (Å²) in [6.45, 7) is 1.45. The van der Waals surface area contributed by atoms with Crippen LogP contribution in [-0.4, -0.2) is 41.5 Å². The molecule has 6 heteroatoms. The van der Waals surface area contributed by atoms with Gasteiger partial charge in [0.05, 0.1) is 23.3 Å². The van der Waals surface area contributed by atoms with Crippen molar-refractivity contribution in [2.24, 2.45) is 5.10 Å². The first-order valence-electron chi connectivity index (χ1n) is 4.44. The third-order valence-electron chi connectivity index (χ3n) is 2.25. The fourth-order valence-electron chi connectivity index (χ4n) is 1.56. The molecule has 2 aliphatic rings. The number of methoxy groups -OCH3 is 1. The Morgan fingerprint density at radius 1 is 1.60 bits per heavy atom. The molecule has 0 spiro atoms. The highest BCUT2D eigenvalue weighted by molar-refractivity contribution is 8.05. The van der Waals surface area contributed by atoms with E-state index in [0.717, 1.165) is 0 Å². The summed E-state index contributed by atoms with van der Waals surface area (Å²) in [6.07, 6.45) is 3.42. The van der Waals surface area contributed by atoms with E-state index in [2.05, 4.69) is 9.84 Å². The van der Waals surface area contributed by atoms with Crippen LogP contribution >= 0.6 is 11.8 Å². The van der Waals surface area contributed by atoms with E-state index in [-0.39, 0.29) is 23.2 Å². The summed E-state index contributed by atoms with van der Waals surface area (Å²) in [5.41, 5.74) is 0. The summed E-state index contributed by atoms with van der Waals surface area (Å²) in [7, 11) is 1.34. The normalized spacial score (nSPS) is 27.6. The fourth-order valence-corrected chi connectivity index (χ4v) is 2.70. The lowest BCUT2D eigenvalue weighted by Gasteiger charge is -2.16. The number of ether oxygens (including phenoxy) is 1. The second-order valence-electron chi connectivity index (χ2n) is 3.22. The monoisotopic (exact) mass is 226 g/mol. The van der Waals surface area contributed by atoms with Crippen molar-refractivity contribution in [3.05, 3.63) is 11.0 Å². The zero-order valence-electron chi connectivity index (χ0n) is 8.34. The summed E-state index contributed by atoms with van der Waals surface area (Å²) in [5.74, 6) is -0.479.